The number of aliphatic hydroxyl groups excluding tert-OH is 8. The number of anilines is 3. The minimum absolute atomic E-state index is 0.439. The summed E-state index contributed by atoms with van der Waals surface area (Å²) in [5, 5.41) is 100. The average Bonchev–Trinajstić information content (AvgIpc) is 3.30. The van der Waals surface area contributed by atoms with Crippen molar-refractivity contribution in [3.63, 3.8) is 0 Å². The summed E-state index contributed by atoms with van der Waals surface area (Å²) in [7, 11) is -1.82. The molecule has 12 atom stereocenters. The highest BCUT2D eigenvalue weighted by atomic mass is 32.2. The lowest BCUT2D eigenvalue weighted by molar-refractivity contribution is -0.334. The largest absolute Gasteiger partial charge is 0.494 e. The number of para-hydroxylation sites is 2. The molecule has 66 heavy (non-hydrogen) atoms. The van der Waals surface area contributed by atoms with Gasteiger partial charge in [0.25, 0.3) is 0 Å². The molecule has 0 amide bonds. The summed E-state index contributed by atoms with van der Waals surface area (Å²) in [4.78, 5) is 14.2. The number of aliphatic carboxylic acids is 1. The zero-order chi connectivity index (χ0) is 48.3. The van der Waals surface area contributed by atoms with Crippen molar-refractivity contribution >= 4 is 54.9 Å². The van der Waals surface area contributed by atoms with Crippen LogP contribution in [0.5, 0.6) is 5.75 Å². The number of carboxylic acids is 1. The fourth-order valence-electron chi connectivity index (χ4n) is 6.69. The Morgan fingerprint density at radius 3 is 1.86 bits per heavy atom. The summed E-state index contributed by atoms with van der Waals surface area (Å²) >= 11 is 0. The summed E-state index contributed by atoms with van der Waals surface area (Å²) < 4.78 is 52.5. The molecule has 5 aromatic rings. The van der Waals surface area contributed by atoms with Crippen LogP contribution in [0.1, 0.15) is 18.6 Å². The maximum Gasteiger partial charge on any atom is 0.332 e. The summed E-state index contributed by atoms with van der Waals surface area (Å²) in [5.74, 6) is -0.659. The van der Waals surface area contributed by atoms with Crippen LogP contribution in [0.3, 0.4) is 0 Å². The van der Waals surface area contributed by atoms with E-state index in [1.54, 1.807) is 55.6 Å². The number of hydrogen-bond acceptors (Lipinski definition) is 19. The topological polar surface area (TPSA) is 340 Å². The lowest BCUT2D eigenvalue weighted by Gasteiger charge is -2.43. The molecule has 11 N–H and O–H groups in total. The molecular weight excluding hydrogens is 889 g/mol. The Morgan fingerprint density at radius 1 is 0.803 bits per heavy atom. The fraction of sp³-hybridized carbons (Fsp3) is 0.386. The molecule has 0 spiro atoms. The minimum atomic E-state index is -3.37. The quantitative estimate of drug-likeness (QED) is 0.0729. The Kier molecular flexibility index (Phi) is 18.1. The van der Waals surface area contributed by atoms with E-state index in [0.29, 0.717) is 17.0 Å². The van der Waals surface area contributed by atoms with Gasteiger partial charge < -0.3 is 75.0 Å². The molecule has 4 aromatic carbocycles. The second kappa shape index (κ2) is 23.2. The lowest BCUT2D eigenvalue weighted by atomic mass is 9.98. The summed E-state index contributed by atoms with van der Waals surface area (Å²) in [6.07, 6.45) is -16.6. The van der Waals surface area contributed by atoms with E-state index in [1.807, 2.05) is 54.6 Å². The van der Waals surface area contributed by atoms with Gasteiger partial charge in [-0.15, -0.1) is 0 Å². The number of aliphatic hydroxyl groups is 8. The third kappa shape index (κ3) is 13.0. The van der Waals surface area contributed by atoms with Gasteiger partial charge in [0.05, 0.1) is 60.7 Å². The first-order valence-electron chi connectivity index (χ1n) is 20.2. The monoisotopic (exact) mass is 940 g/mol. The lowest BCUT2D eigenvalue weighted by Crippen LogP contribution is -2.61. The predicted molar refractivity (Wildman–Crippen MR) is 236 cm³/mol. The van der Waals surface area contributed by atoms with Crippen LogP contribution in [-0.4, -0.2) is 159 Å². The molecule has 1 aromatic heterocycles. The molecule has 0 aliphatic carbocycles. The van der Waals surface area contributed by atoms with E-state index in [-0.39, 0.29) is 0 Å². The van der Waals surface area contributed by atoms with Crippen molar-refractivity contribution in [2.75, 3.05) is 36.6 Å². The number of benzene rings is 4. The normalized spacial score (nSPS) is 26.0. The van der Waals surface area contributed by atoms with E-state index in [4.69, 9.17) is 38.9 Å². The number of hydrogen-bond donors (Lipinski definition) is 11. The van der Waals surface area contributed by atoms with Gasteiger partial charge in [-0.1, -0.05) is 66.7 Å². The number of rotatable bonds is 13. The maximum atomic E-state index is 11.5. The number of sulfonamides is 1. The number of nitrogens with zero attached hydrogens (tertiary/aromatic N) is 2. The highest BCUT2D eigenvalue weighted by molar-refractivity contribution is 7.92. The average molecular weight is 941 g/mol. The van der Waals surface area contributed by atoms with Crippen molar-refractivity contribution in [3.05, 3.63) is 103 Å². The van der Waals surface area contributed by atoms with E-state index in [0.717, 1.165) is 39.4 Å². The van der Waals surface area contributed by atoms with Gasteiger partial charge in [0, 0.05) is 16.8 Å². The second-order valence-corrected chi connectivity index (χ2v) is 16.8. The van der Waals surface area contributed by atoms with Crippen LogP contribution in [0.25, 0.3) is 21.8 Å². The first-order chi connectivity index (χ1) is 31.4. The zero-order valence-electron chi connectivity index (χ0n) is 35.7. The smallest absolute Gasteiger partial charge is 0.332 e. The number of ether oxygens (including phenoxy) is 5. The van der Waals surface area contributed by atoms with Crippen LogP contribution >= 0.6 is 0 Å². The van der Waals surface area contributed by atoms with Gasteiger partial charge in [-0.05, 0) is 36.8 Å². The summed E-state index contributed by atoms with van der Waals surface area (Å²) in [5.41, 5.74) is 4.34. The number of pyridine rings is 1. The highest BCUT2D eigenvalue weighted by Crippen LogP contribution is 2.37. The Balaban J connectivity index is 0.000000222. The molecule has 2 aliphatic heterocycles. The van der Waals surface area contributed by atoms with Crippen LogP contribution in [0, 0.1) is 11.3 Å². The minimum Gasteiger partial charge on any atom is -0.494 e. The first-order valence-corrected chi connectivity index (χ1v) is 22.1. The zero-order valence-corrected chi connectivity index (χ0v) is 36.5. The molecule has 22 heteroatoms. The van der Waals surface area contributed by atoms with Crippen molar-refractivity contribution in [1.29, 1.82) is 5.26 Å². The first kappa shape index (κ1) is 51.4. The number of nitriles is 1. The van der Waals surface area contributed by atoms with Gasteiger partial charge in [0.2, 0.25) is 10.0 Å². The van der Waals surface area contributed by atoms with Crippen molar-refractivity contribution in [3.8, 4) is 11.8 Å². The Morgan fingerprint density at radius 2 is 1.33 bits per heavy atom. The van der Waals surface area contributed by atoms with E-state index in [2.05, 4.69) is 10.0 Å². The SMILES string of the molecule is CC(O)C(=O)O.COc1cc(NS(C)(=O)=O)ccc1Nc1c2ccccc2nc2ccccc12.N#C[C@H](O[C@@H]1O[C@H](CO[C@@H]2O[C@H](CO)[C@@H](O)[C@H](O)[C@H]2O)[C@@H](O)[C@H](O)[C@H]1O)c1ccccc1. The number of aromatic nitrogens is 1. The third-order valence-corrected chi connectivity index (χ3v) is 10.7. The molecule has 2 saturated heterocycles. The van der Waals surface area contributed by atoms with Crippen molar-refractivity contribution in [1.82, 2.24) is 4.98 Å². The number of carbonyl (C=O) groups is 1. The fourth-order valence-corrected chi connectivity index (χ4v) is 7.24. The number of nitrogens with one attached hydrogen (secondary N) is 2. The Bertz CT molecular complexity index is 2480. The molecule has 2 fully saturated rings. The predicted octanol–water partition coefficient (Wildman–Crippen LogP) is 0.855. The molecule has 0 saturated carbocycles. The van der Waals surface area contributed by atoms with Crippen LogP contribution in [0.15, 0.2) is 97.1 Å². The Hall–Kier alpha value is -5.62. The van der Waals surface area contributed by atoms with Crippen LogP contribution in [-0.2, 0) is 33.8 Å². The molecular formula is C44H52N4O17S. The van der Waals surface area contributed by atoms with E-state index >= 15 is 0 Å². The van der Waals surface area contributed by atoms with E-state index in [1.165, 1.54) is 6.92 Å². The van der Waals surface area contributed by atoms with Gasteiger partial charge in [0.1, 0.15) is 60.7 Å². The molecule has 21 nitrogen and oxygen atoms in total. The van der Waals surface area contributed by atoms with Gasteiger partial charge in [0.15, 0.2) is 18.7 Å². The number of fused-ring (bicyclic) bond motifs is 2. The molecule has 2 aliphatic rings. The van der Waals surface area contributed by atoms with Crippen molar-refractivity contribution in [2.45, 2.75) is 80.5 Å². The van der Waals surface area contributed by atoms with Gasteiger partial charge >= 0.3 is 5.97 Å². The molecule has 356 valence electrons. The maximum absolute atomic E-state index is 11.5. The Labute approximate surface area is 378 Å². The summed E-state index contributed by atoms with van der Waals surface area (Å²) in [6.45, 7) is 0.0571. The molecule has 0 bridgehead atoms. The van der Waals surface area contributed by atoms with Crippen LogP contribution in [0.2, 0.25) is 0 Å². The van der Waals surface area contributed by atoms with E-state index < -0.39 is 103 Å². The van der Waals surface area contributed by atoms with Crippen LogP contribution in [0.4, 0.5) is 17.1 Å². The highest BCUT2D eigenvalue weighted by Gasteiger charge is 2.48. The molecule has 3 heterocycles. The number of methoxy groups -OCH3 is 1. The second-order valence-electron chi connectivity index (χ2n) is 15.1. The molecule has 0 radical (unpaired) electrons. The van der Waals surface area contributed by atoms with Crippen molar-refractivity contribution in [2.24, 2.45) is 0 Å². The summed E-state index contributed by atoms with van der Waals surface area (Å²) in [6, 6.07) is 31.3. The molecule has 1 unspecified atom stereocenters. The molecule has 7 rings (SSSR count). The van der Waals surface area contributed by atoms with Gasteiger partial charge in [-0.2, -0.15) is 5.26 Å². The van der Waals surface area contributed by atoms with E-state index in [9.17, 15) is 54.2 Å². The third-order valence-electron chi connectivity index (χ3n) is 10.1. The van der Waals surface area contributed by atoms with Gasteiger partial charge in [-0.25, -0.2) is 18.2 Å². The van der Waals surface area contributed by atoms with Crippen LogP contribution < -0.4 is 14.8 Å². The van der Waals surface area contributed by atoms with Crippen molar-refractivity contribution < 1.29 is 82.9 Å². The standard InChI is InChI=1S/C21H19N3O3S.C20H27NO11.C3H6O3/c1-27-20-13-14(24-28(2,25)26)11-12-19(20)23-21-15-7-3-5-9-17(15)22-18-10-6-4-8-16(18)21;21-6-10(9-4-2-1-3-5-9)30-20-18(28)16(26)14(24)12(32-20)8-29-19-17(27)15(25)13(23)11(7-22)31-19;1-2(4)3(5)6/h3-13,24H,1-2H3,(H,22,23);1-5,10-20,22-28H,7-8H2;2,4H,1H3,(H,5,6)/t;10-,11+,12+,13+,14+,15-,16-,17+,18+,19+,20+;/m.0./s1. The van der Waals surface area contributed by atoms with Gasteiger partial charge in [-0.3, -0.25) is 4.72 Å². The number of carboxylic acid groups (broad SMARTS) is 1.